The molecule has 0 fully saturated rings. The Hall–Kier alpha value is -4.05. The maximum atomic E-state index is 13.3. The molecule has 43 heavy (non-hydrogen) atoms. The topological polar surface area (TPSA) is 86.7 Å². The summed E-state index contributed by atoms with van der Waals surface area (Å²) in [7, 11) is -3.68. The summed E-state index contributed by atoms with van der Waals surface area (Å²) >= 11 is 3.15. The van der Waals surface area contributed by atoms with Crippen molar-refractivity contribution in [2.75, 3.05) is 24.7 Å². The number of thioether (sulfide) groups is 2. The standard InChI is InChI=1S/C34H30O6S3/c1-3-33(35)39-21-23-41-29-13-5-25(6-14-29)27-9-17-31(18-10-27)43(37,38)32-19-11-28(12-20-32)26-7-15-30(16-8-26)42-24-22-40-34(36)4-2/h3-20H,1-2,21-24H2. The van der Waals surface area contributed by atoms with Gasteiger partial charge in [-0.25, -0.2) is 18.0 Å². The van der Waals surface area contributed by atoms with Crippen molar-refractivity contribution < 1.29 is 27.5 Å². The third-order valence-electron chi connectivity index (χ3n) is 6.23. The fraction of sp³-hybridized carbons (Fsp3) is 0.118. The zero-order valence-corrected chi connectivity index (χ0v) is 25.8. The number of hydrogen-bond acceptors (Lipinski definition) is 8. The van der Waals surface area contributed by atoms with Crippen LogP contribution in [-0.4, -0.2) is 45.1 Å². The van der Waals surface area contributed by atoms with Crippen molar-refractivity contribution in [2.24, 2.45) is 0 Å². The van der Waals surface area contributed by atoms with Gasteiger partial charge in [0.15, 0.2) is 0 Å². The van der Waals surface area contributed by atoms with Gasteiger partial charge >= 0.3 is 11.9 Å². The van der Waals surface area contributed by atoms with Crippen LogP contribution in [0.2, 0.25) is 0 Å². The molecule has 0 heterocycles. The van der Waals surface area contributed by atoms with Gasteiger partial charge in [-0.2, -0.15) is 0 Å². The number of ether oxygens (including phenoxy) is 2. The van der Waals surface area contributed by atoms with E-state index in [9.17, 15) is 18.0 Å². The van der Waals surface area contributed by atoms with Gasteiger partial charge in [0.2, 0.25) is 9.84 Å². The molecular weight excluding hydrogens is 601 g/mol. The van der Waals surface area contributed by atoms with E-state index in [0.717, 1.165) is 44.2 Å². The monoisotopic (exact) mass is 630 g/mol. The average Bonchev–Trinajstić information content (AvgIpc) is 3.05. The Labute approximate surface area is 260 Å². The molecule has 0 aromatic heterocycles. The lowest BCUT2D eigenvalue weighted by Crippen LogP contribution is -2.03. The van der Waals surface area contributed by atoms with Crippen molar-refractivity contribution in [1.82, 2.24) is 0 Å². The molecule has 0 saturated heterocycles. The summed E-state index contributed by atoms with van der Waals surface area (Å²) in [6, 6.07) is 29.6. The van der Waals surface area contributed by atoms with Crippen LogP contribution in [-0.2, 0) is 28.9 Å². The average molecular weight is 631 g/mol. The largest absolute Gasteiger partial charge is 0.462 e. The highest BCUT2D eigenvalue weighted by molar-refractivity contribution is 7.99. The van der Waals surface area contributed by atoms with Crippen LogP contribution in [0.5, 0.6) is 0 Å². The summed E-state index contributed by atoms with van der Waals surface area (Å²) in [6.07, 6.45) is 2.29. The first-order valence-electron chi connectivity index (χ1n) is 13.3. The number of sulfone groups is 1. The smallest absolute Gasteiger partial charge is 0.330 e. The summed E-state index contributed by atoms with van der Waals surface area (Å²) < 4.78 is 36.6. The van der Waals surface area contributed by atoms with Crippen molar-refractivity contribution >= 4 is 45.3 Å². The predicted octanol–water partition coefficient (Wildman–Crippen LogP) is 7.50. The SMILES string of the molecule is C=CC(=O)OCCSc1ccc(-c2ccc(S(=O)(=O)c3ccc(-c4ccc(SCCOC(=O)C=C)cc4)cc3)cc2)cc1. The number of carbonyl (C=O) groups excluding carboxylic acids is 2. The van der Waals surface area contributed by atoms with E-state index in [1.165, 1.54) is 0 Å². The Bertz CT molecular complexity index is 1540. The predicted molar refractivity (Wildman–Crippen MR) is 173 cm³/mol. The number of hydrogen-bond donors (Lipinski definition) is 0. The molecule has 4 aromatic carbocycles. The number of carbonyl (C=O) groups is 2. The van der Waals surface area contributed by atoms with Crippen LogP contribution in [0.15, 0.2) is 142 Å². The van der Waals surface area contributed by atoms with Gasteiger partial charge in [-0.1, -0.05) is 61.7 Å². The van der Waals surface area contributed by atoms with Gasteiger partial charge in [0.05, 0.1) is 9.79 Å². The molecular formula is C34H30O6S3. The minimum Gasteiger partial charge on any atom is -0.462 e. The third kappa shape index (κ3) is 8.97. The van der Waals surface area contributed by atoms with E-state index in [1.54, 1.807) is 72.1 Å². The maximum absolute atomic E-state index is 13.3. The first kappa shape index (κ1) is 31.9. The summed E-state index contributed by atoms with van der Waals surface area (Å²) in [6.45, 7) is 7.36. The Balaban J connectivity index is 1.35. The molecule has 6 nitrogen and oxygen atoms in total. The van der Waals surface area contributed by atoms with Crippen molar-refractivity contribution in [1.29, 1.82) is 0 Å². The zero-order chi connectivity index (χ0) is 30.7. The van der Waals surface area contributed by atoms with E-state index in [1.807, 2.05) is 48.5 Å². The van der Waals surface area contributed by atoms with Crippen molar-refractivity contribution in [3.05, 3.63) is 122 Å². The Morgan fingerprint density at radius 3 is 1.16 bits per heavy atom. The van der Waals surface area contributed by atoms with Crippen LogP contribution < -0.4 is 0 Å². The van der Waals surface area contributed by atoms with Gasteiger partial charge in [0, 0.05) is 33.4 Å². The van der Waals surface area contributed by atoms with Crippen LogP contribution in [0.4, 0.5) is 0 Å². The molecule has 0 amide bonds. The Morgan fingerprint density at radius 2 is 0.860 bits per heavy atom. The van der Waals surface area contributed by atoms with Crippen LogP contribution >= 0.6 is 23.5 Å². The highest BCUT2D eigenvalue weighted by Crippen LogP contribution is 2.29. The second-order valence-electron chi connectivity index (χ2n) is 9.04. The lowest BCUT2D eigenvalue weighted by Gasteiger charge is -2.09. The summed E-state index contributed by atoms with van der Waals surface area (Å²) in [5.41, 5.74) is 3.75. The fourth-order valence-electron chi connectivity index (χ4n) is 4.00. The lowest BCUT2D eigenvalue weighted by molar-refractivity contribution is -0.138. The van der Waals surface area contributed by atoms with E-state index in [-0.39, 0.29) is 9.79 Å². The molecule has 0 atom stereocenters. The van der Waals surface area contributed by atoms with E-state index in [0.29, 0.717) is 24.7 Å². The van der Waals surface area contributed by atoms with Gasteiger partial charge in [0.1, 0.15) is 13.2 Å². The van der Waals surface area contributed by atoms with Gasteiger partial charge in [-0.15, -0.1) is 23.5 Å². The normalized spacial score (nSPS) is 11.0. The minimum atomic E-state index is -3.68. The Morgan fingerprint density at radius 1 is 0.558 bits per heavy atom. The van der Waals surface area contributed by atoms with E-state index < -0.39 is 21.8 Å². The first-order valence-corrected chi connectivity index (χ1v) is 16.8. The number of benzene rings is 4. The highest BCUT2D eigenvalue weighted by Gasteiger charge is 2.18. The summed E-state index contributed by atoms with van der Waals surface area (Å²) in [5.74, 6) is 0.407. The van der Waals surface area contributed by atoms with Crippen molar-refractivity contribution in [2.45, 2.75) is 19.6 Å². The molecule has 0 bridgehead atoms. The molecule has 4 aromatic rings. The van der Waals surface area contributed by atoms with Crippen LogP contribution in [0.3, 0.4) is 0 Å². The molecule has 0 spiro atoms. The molecule has 0 unspecified atom stereocenters. The highest BCUT2D eigenvalue weighted by atomic mass is 32.2. The second kappa shape index (κ2) is 15.4. The van der Waals surface area contributed by atoms with Crippen LogP contribution in [0.25, 0.3) is 22.3 Å². The molecule has 9 heteroatoms. The number of rotatable bonds is 14. The molecule has 0 N–H and O–H groups in total. The van der Waals surface area contributed by atoms with Crippen LogP contribution in [0, 0.1) is 0 Å². The van der Waals surface area contributed by atoms with Gasteiger partial charge in [-0.3, -0.25) is 0 Å². The molecule has 220 valence electrons. The first-order chi connectivity index (χ1) is 20.8. The Kier molecular flexibility index (Phi) is 11.4. The summed E-state index contributed by atoms with van der Waals surface area (Å²) in [4.78, 5) is 24.8. The van der Waals surface area contributed by atoms with Crippen molar-refractivity contribution in [3.63, 3.8) is 0 Å². The fourth-order valence-corrected chi connectivity index (χ4v) is 6.72. The molecule has 0 radical (unpaired) electrons. The van der Waals surface area contributed by atoms with E-state index in [4.69, 9.17) is 9.47 Å². The van der Waals surface area contributed by atoms with E-state index >= 15 is 0 Å². The van der Waals surface area contributed by atoms with Gasteiger partial charge in [-0.05, 0) is 70.8 Å². The van der Waals surface area contributed by atoms with Crippen molar-refractivity contribution in [3.8, 4) is 22.3 Å². The van der Waals surface area contributed by atoms with Gasteiger partial charge in [0.25, 0.3) is 0 Å². The second-order valence-corrected chi connectivity index (χ2v) is 13.3. The molecule has 0 aliphatic carbocycles. The maximum Gasteiger partial charge on any atom is 0.330 e. The zero-order valence-electron chi connectivity index (χ0n) is 23.3. The molecule has 4 rings (SSSR count). The van der Waals surface area contributed by atoms with E-state index in [2.05, 4.69) is 13.2 Å². The third-order valence-corrected chi connectivity index (χ3v) is 9.97. The lowest BCUT2D eigenvalue weighted by atomic mass is 10.1. The summed E-state index contributed by atoms with van der Waals surface area (Å²) in [5, 5.41) is 0. The number of esters is 2. The quantitative estimate of drug-likeness (QED) is 0.0613. The molecule has 0 aliphatic rings. The van der Waals surface area contributed by atoms with Gasteiger partial charge < -0.3 is 9.47 Å². The molecule has 0 aliphatic heterocycles. The minimum absolute atomic E-state index is 0.227. The van der Waals surface area contributed by atoms with Crippen LogP contribution in [0.1, 0.15) is 0 Å². The molecule has 0 saturated carbocycles.